The van der Waals surface area contributed by atoms with Gasteiger partial charge in [-0.2, -0.15) is 0 Å². The molecule has 26 aromatic rings. The molecular weight excluding hydrogens is 1520 g/mol. The fraction of sp³-hybridized carbons (Fsp3) is 0. The van der Waals surface area contributed by atoms with Crippen molar-refractivity contribution in [2.24, 2.45) is 0 Å². The van der Waals surface area contributed by atoms with Crippen LogP contribution in [0.15, 0.2) is 406 Å². The molecule has 12 nitrogen and oxygen atoms in total. The van der Waals surface area contributed by atoms with Crippen molar-refractivity contribution in [3.05, 3.63) is 388 Å². The average Bonchev–Trinajstić information content (AvgIpc) is 1.51. The molecule has 0 atom stereocenters. The van der Waals surface area contributed by atoms with Gasteiger partial charge in [0.2, 0.25) is 0 Å². The van der Waals surface area contributed by atoms with Crippen LogP contribution in [0.2, 0.25) is 0 Å². The standard InChI is InChI=1S/2C56H32N4O2/c1-2-16-34(17-3-1)54-58-55(60-56(59-54)40-26-13-18-33-15-4-5-21-37(33)40)36-20-12-19-35(31-36)52-44-32-48-50(42-24-8-11-30-47(42)61-48)51(49(44)41-23-6-9-28-45(41)57-52)43-27-14-25-39-38-22-7-10-29-46(38)62-53(39)43;1-2-15-34(16-3-1)54-58-55(60-56(59-54)38-29-28-33-14-4-5-17-35(33)30-38)37-19-12-18-36(31-37)52-44-32-48-50(42-22-8-11-27-47(42)61-48)51(49(44)41-21-6-9-25-45(41)57-52)43-24-13-23-40-39-20-7-10-26-46(39)62-53(40)43/h2*1-32H. The number of hydrogen-bond acceptors (Lipinski definition) is 12. The van der Waals surface area contributed by atoms with Crippen molar-refractivity contribution in [1.29, 1.82) is 0 Å². The summed E-state index contributed by atoms with van der Waals surface area (Å²) in [7, 11) is 0. The Hall–Kier alpha value is -17.0. The molecule has 18 aromatic carbocycles. The highest BCUT2D eigenvalue weighted by Crippen LogP contribution is 2.52. The summed E-state index contributed by atoms with van der Waals surface area (Å²) in [5.41, 5.74) is 21.3. The molecule has 0 aliphatic rings. The highest BCUT2D eigenvalue weighted by atomic mass is 16.3. The molecule has 0 fully saturated rings. The number of pyridine rings is 2. The number of rotatable bonds is 10. The monoisotopic (exact) mass is 1580 g/mol. The Labute approximate surface area is 707 Å². The first kappa shape index (κ1) is 70.1. The minimum Gasteiger partial charge on any atom is -0.456 e. The molecule has 0 radical (unpaired) electrons. The van der Waals surface area contributed by atoms with E-state index in [4.69, 9.17) is 57.5 Å². The zero-order valence-electron chi connectivity index (χ0n) is 66.2. The minimum absolute atomic E-state index is 0.575. The van der Waals surface area contributed by atoms with Crippen molar-refractivity contribution < 1.29 is 17.7 Å². The van der Waals surface area contributed by atoms with Crippen molar-refractivity contribution in [2.75, 3.05) is 0 Å². The van der Waals surface area contributed by atoms with E-state index in [9.17, 15) is 0 Å². The lowest BCUT2D eigenvalue weighted by Gasteiger charge is -2.16. The lowest BCUT2D eigenvalue weighted by Crippen LogP contribution is -2.01. The van der Waals surface area contributed by atoms with E-state index in [2.05, 4.69) is 279 Å². The molecular formula is C112H64N8O4. The summed E-state index contributed by atoms with van der Waals surface area (Å²) >= 11 is 0. The van der Waals surface area contributed by atoms with Gasteiger partial charge in [-0.15, -0.1) is 0 Å². The van der Waals surface area contributed by atoms with Crippen LogP contribution in [-0.4, -0.2) is 39.9 Å². The third kappa shape index (κ3) is 11.5. The molecule has 0 saturated carbocycles. The SMILES string of the molecule is c1ccc(-c2nc(-c3cccc(-c4nc5ccccc5c5c(-c6cccc7c6oc6ccccc67)c6c(cc45)oc4ccccc46)c3)nc(-c3ccc4ccccc4c3)n2)cc1.c1ccc(-c2nc(-c3cccc(-c4nc5ccccc5c5c(-c6cccc7c6oc6ccccc67)c6c(cc45)oc4ccccc46)c3)nc(-c3cccc4ccccc34)n2)cc1. The highest BCUT2D eigenvalue weighted by Gasteiger charge is 2.29. The van der Waals surface area contributed by atoms with Crippen LogP contribution in [0.4, 0.5) is 0 Å². The molecule has 0 saturated heterocycles. The molecule has 0 bridgehead atoms. The molecule has 124 heavy (non-hydrogen) atoms. The highest BCUT2D eigenvalue weighted by molar-refractivity contribution is 6.32. The van der Waals surface area contributed by atoms with Gasteiger partial charge in [0, 0.05) is 142 Å². The van der Waals surface area contributed by atoms with E-state index in [1.54, 1.807) is 0 Å². The molecule has 0 unspecified atom stereocenters. The van der Waals surface area contributed by atoms with E-state index in [1.165, 1.54) is 0 Å². The van der Waals surface area contributed by atoms with Gasteiger partial charge in [-0.3, -0.25) is 0 Å². The van der Waals surface area contributed by atoms with Crippen LogP contribution in [0.1, 0.15) is 0 Å². The second-order valence-electron chi connectivity index (χ2n) is 31.4. The molecule has 0 amide bonds. The Morgan fingerprint density at radius 1 is 0.161 bits per heavy atom. The lowest BCUT2D eigenvalue weighted by molar-refractivity contribution is 0.668. The van der Waals surface area contributed by atoms with Gasteiger partial charge in [0.15, 0.2) is 34.9 Å². The molecule has 0 N–H and O–H groups in total. The van der Waals surface area contributed by atoms with Crippen LogP contribution in [0.3, 0.4) is 0 Å². The van der Waals surface area contributed by atoms with Gasteiger partial charge in [-0.1, -0.05) is 322 Å². The molecule has 0 aliphatic heterocycles. The third-order valence-electron chi connectivity index (χ3n) is 24.2. The maximum absolute atomic E-state index is 6.76. The maximum atomic E-state index is 6.76. The van der Waals surface area contributed by atoms with Crippen molar-refractivity contribution in [3.8, 4) is 113 Å². The van der Waals surface area contributed by atoms with Crippen LogP contribution in [0.5, 0.6) is 0 Å². The van der Waals surface area contributed by atoms with Crippen molar-refractivity contribution in [3.63, 3.8) is 0 Å². The van der Waals surface area contributed by atoms with Gasteiger partial charge in [-0.25, -0.2) is 39.9 Å². The predicted molar refractivity (Wildman–Crippen MR) is 504 cm³/mol. The molecule has 576 valence electrons. The van der Waals surface area contributed by atoms with Crippen LogP contribution in [-0.2, 0) is 0 Å². The Kier molecular flexibility index (Phi) is 16.0. The molecule has 8 heterocycles. The normalized spacial score (nSPS) is 11.9. The van der Waals surface area contributed by atoms with Gasteiger partial charge in [-0.05, 0) is 88.3 Å². The second kappa shape index (κ2) is 28.4. The topological polar surface area (TPSA) is 156 Å². The van der Waals surface area contributed by atoms with Crippen LogP contribution < -0.4 is 0 Å². The largest absolute Gasteiger partial charge is 0.456 e. The van der Waals surface area contributed by atoms with Crippen LogP contribution in [0, 0.1) is 0 Å². The molecule has 12 heteroatoms. The Balaban J connectivity index is 0.000000136. The second-order valence-corrected chi connectivity index (χ2v) is 31.4. The first-order chi connectivity index (χ1) is 61.4. The summed E-state index contributed by atoms with van der Waals surface area (Å²) in [6.07, 6.45) is 0. The summed E-state index contributed by atoms with van der Waals surface area (Å²) in [6.45, 7) is 0. The van der Waals surface area contributed by atoms with Gasteiger partial charge >= 0.3 is 0 Å². The minimum atomic E-state index is 0.575. The predicted octanol–water partition coefficient (Wildman–Crippen LogP) is 29.7. The van der Waals surface area contributed by atoms with E-state index in [1.807, 2.05) is 109 Å². The lowest BCUT2D eigenvalue weighted by atomic mass is 9.88. The van der Waals surface area contributed by atoms with Crippen LogP contribution >= 0.6 is 0 Å². The molecule has 26 rings (SSSR count). The Bertz CT molecular complexity index is 8910. The summed E-state index contributed by atoms with van der Waals surface area (Å²) in [5, 5.41) is 19.1. The quantitative estimate of drug-likeness (QED) is 0.120. The fourth-order valence-corrected chi connectivity index (χ4v) is 18.6. The number of hydrogen-bond donors (Lipinski definition) is 0. The van der Waals surface area contributed by atoms with Gasteiger partial charge < -0.3 is 17.7 Å². The zero-order valence-corrected chi connectivity index (χ0v) is 66.2. The first-order valence-electron chi connectivity index (χ1n) is 41.4. The smallest absolute Gasteiger partial charge is 0.164 e. The van der Waals surface area contributed by atoms with Gasteiger partial charge in [0.1, 0.15) is 44.7 Å². The van der Waals surface area contributed by atoms with Crippen molar-refractivity contribution in [1.82, 2.24) is 39.9 Å². The number of aromatic nitrogens is 8. The number of nitrogens with zero attached hydrogens (tertiary/aromatic N) is 8. The summed E-state index contributed by atoms with van der Waals surface area (Å²) < 4.78 is 27.0. The van der Waals surface area contributed by atoms with Gasteiger partial charge in [0.25, 0.3) is 0 Å². The van der Waals surface area contributed by atoms with E-state index in [0.717, 1.165) is 231 Å². The van der Waals surface area contributed by atoms with Crippen molar-refractivity contribution in [2.45, 2.75) is 0 Å². The Morgan fingerprint density at radius 2 is 0.500 bits per heavy atom. The molecule has 0 aliphatic carbocycles. The number of benzene rings is 18. The number of furan rings is 4. The number of fused-ring (bicyclic) bond motifs is 20. The summed E-state index contributed by atoms with van der Waals surface area (Å²) in [5.74, 6) is 3.58. The summed E-state index contributed by atoms with van der Waals surface area (Å²) in [6, 6.07) is 133. The van der Waals surface area contributed by atoms with E-state index >= 15 is 0 Å². The maximum Gasteiger partial charge on any atom is 0.164 e. The average molecular weight is 1590 g/mol. The Morgan fingerprint density at radius 3 is 1.00 bits per heavy atom. The van der Waals surface area contributed by atoms with Gasteiger partial charge in [0.05, 0.1) is 22.4 Å². The summed E-state index contributed by atoms with van der Waals surface area (Å²) in [4.78, 5) is 41.6. The fourth-order valence-electron chi connectivity index (χ4n) is 18.6. The first-order valence-corrected chi connectivity index (χ1v) is 41.4. The van der Waals surface area contributed by atoms with Crippen molar-refractivity contribution >= 4 is 153 Å². The number of para-hydroxylation sites is 8. The molecule has 0 spiro atoms. The van der Waals surface area contributed by atoms with E-state index in [0.29, 0.717) is 34.9 Å². The zero-order chi connectivity index (χ0) is 81.5. The van der Waals surface area contributed by atoms with E-state index < -0.39 is 0 Å². The van der Waals surface area contributed by atoms with Crippen LogP contribution in [0.25, 0.3) is 266 Å². The molecule has 8 aromatic heterocycles. The van der Waals surface area contributed by atoms with E-state index in [-0.39, 0.29) is 0 Å². The third-order valence-corrected chi connectivity index (χ3v) is 24.2.